The predicted octanol–water partition coefficient (Wildman–Crippen LogP) is 0.558. The molecule has 2 N–H and O–H groups in total. The number of nitrogens with zero attached hydrogens (tertiary/aromatic N) is 1. The molecule has 80 valence electrons. The van der Waals surface area contributed by atoms with Crippen molar-refractivity contribution in [1.29, 1.82) is 0 Å². The third kappa shape index (κ3) is 2.54. The van der Waals surface area contributed by atoms with Gasteiger partial charge in [0, 0.05) is 12.5 Å². The van der Waals surface area contributed by atoms with E-state index < -0.39 is 11.8 Å². The van der Waals surface area contributed by atoms with Gasteiger partial charge in [-0.3, -0.25) is 9.59 Å². The number of ether oxygens (including phenoxy) is 1. The molecule has 0 saturated heterocycles. The number of nitrogens with two attached hydrogens (primary N) is 1. The van der Waals surface area contributed by atoms with E-state index in [1.54, 1.807) is 18.2 Å². The third-order valence-corrected chi connectivity index (χ3v) is 1.87. The molecule has 0 atom stereocenters. The summed E-state index contributed by atoms with van der Waals surface area (Å²) < 4.78 is 4.95. The van der Waals surface area contributed by atoms with E-state index in [4.69, 9.17) is 10.6 Å². The lowest BCUT2D eigenvalue weighted by Gasteiger charge is -2.12. The zero-order chi connectivity index (χ0) is 11.4. The molecule has 1 rings (SSSR count). The van der Waals surface area contributed by atoms with Crippen LogP contribution >= 0.6 is 0 Å². The van der Waals surface area contributed by atoms with Crippen LogP contribution in [0.1, 0.15) is 17.3 Å². The number of hydrogen-bond donors (Lipinski definition) is 1. The van der Waals surface area contributed by atoms with Gasteiger partial charge in [0.1, 0.15) is 5.75 Å². The molecular weight excluding hydrogens is 196 g/mol. The van der Waals surface area contributed by atoms with E-state index >= 15 is 0 Å². The smallest absolute Gasteiger partial charge is 0.274 e. The third-order valence-electron chi connectivity index (χ3n) is 1.87. The first-order chi connectivity index (χ1) is 7.06. The zero-order valence-electron chi connectivity index (χ0n) is 8.56. The fourth-order valence-electron chi connectivity index (χ4n) is 1.04. The van der Waals surface area contributed by atoms with E-state index in [1.807, 2.05) is 0 Å². The van der Waals surface area contributed by atoms with Crippen molar-refractivity contribution in [3.63, 3.8) is 0 Å². The normalized spacial score (nSPS) is 9.53. The van der Waals surface area contributed by atoms with Gasteiger partial charge in [-0.15, -0.1) is 0 Å². The van der Waals surface area contributed by atoms with Crippen molar-refractivity contribution in [2.75, 3.05) is 7.11 Å². The highest BCUT2D eigenvalue weighted by atomic mass is 16.5. The standard InChI is InChI=1S/C10H12N2O3/c1-7(13)12(11)10(14)8-4-3-5-9(6-8)15-2/h3-6H,11H2,1-2H3. The van der Waals surface area contributed by atoms with Crippen LogP contribution in [0.3, 0.4) is 0 Å². The van der Waals surface area contributed by atoms with Crippen molar-refractivity contribution in [2.45, 2.75) is 6.92 Å². The molecule has 1 aromatic rings. The fraction of sp³-hybridized carbons (Fsp3) is 0.200. The van der Waals surface area contributed by atoms with Gasteiger partial charge in [-0.25, -0.2) is 10.9 Å². The Hall–Kier alpha value is -1.88. The van der Waals surface area contributed by atoms with Crippen LogP contribution < -0.4 is 10.6 Å². The Morgan fingerprint density at radius 2 is 2.07 bits per heavy atom. The molecule has 0 saturated carbocycles. The number of amides is 2. The summed E-state index contributed by atoms with van der Waals surface area (Å²) in [5.41, 5.74) is 0.312. The minimum atomic E-state index is -0.554. The van der Waals surface area contributed by atoms with Gasteiger partial charge in [-0.2, -0.15) is 0 Å². The second kappa shape index (κ2) is 4.56. The molecule has 5 heteroatoms. The van der Waals surface area contributed by atoms with E-state index in [0.29, 0.717) is 16.3 Å². The van der Waals surface area contributed by atoms with E-state index in [2.05, 4.69) is 0 Å². The molecule has 2 amide bonds. The summed E-state index contributed by atoms with van der Waals surface area (Å²) in [5.74, 6) is 4.75. The Balaban J connectivity index is 2.96. The Morgan fingerprint density at radius 3 is 2.60 bits per heavy atom. The van der Waals surface area contributed by atoms with Gasteiger partial charge >= 0.3 is 0 Å². The number of benzene rings is 1. The molecule has 0 spiro atoms. The van der Waals surface area contributed by atoms with Crippen molar-refractivity contribution in [3.05, 3.63) is 29.8 Å². The summed E-state index contributed by atoms with van der Waals surface area (Å²) in [5, 5.41) is 0.564. The summed E-state index contributed by atoms with van der Waals surface area (Å²) in [7, 11) is 1.49. The quantitative estimate of drug-likeness (QED) is 0.438. The van der Waals surface area contributed by atoms with Crippen molar-refractivity contribution < 1.29 is 14.3 Å². The predicted molar refractivity (Wildman–Crippen MR) is 54.0 cm³/mol. The maximum Gasteiger partial charge on any atom is 0.274 e. The number of hydrazine groups is 1. The molecule has 5 nitrogen and oxygen atoms in total. The van der Waals surface area contributed by atoms with E-state index in [1.165, 1.54) is 20.1 Å². The molecule has 0 radical (unpaired) electrons. The topological polar surface area (TPSA) is 72.6 Å². The molecule has 0 fully saturated rings. The first kappa shape index (κ1) is 11.2. The van der Waals surface area contributed by atoms with Gasteiger partial charge in [0.2, 0.25) is 5.91 Å². The lowest BCUT2D eigenvalue weighted by atomic mass is 10.2. The molecule has 0 aromatic heterocycles. The number of hydrogen-bond acceptors (Lipinski definition) is 4. The molecule has 15 heavy (non-hydrogen) atoms. The van der Waals surface area contributed by atoms with Gasteiger partial charge in [0.05, 0.1) is 7.11 Å². The average Bonchev–Trinajstić information content (AvgIpc) is 2.27. The number of carbonyl (C=O) groups excluding carboxylic acids is 2. The summed E-state index contributed by atoms with van der Waals surface area (Å²) in [6.45, 7) is 1.22. The maximum atomic E-state index is 11.6. The first-order valence-electron chi connectivity index (χ1n) is 4.30. The monoisotopic (exact) mass is 208 g/mol. The van der Waals surface area contributed by atoms with Crippen LogP contribution in [0.2, 0.25) is 0 Å². The van der Waals surface area contributed by atoms with E-state index in [9.17, 15) is 9.59 Å². The van der Waals surface area contributed by atoms with Gasteiger partial charge in [0.25, 0.3) is 5.91 Å². The highest BCUT2D eigenvalue weighted by Crippen LogP contribution is 2.13. The van der Waals surface area contributed by atoms with Crippen LogP contribution in [0.4, 0.5) is 0 Å². The molecule has 0 aliphatic heterocycles. The second-order valence-electron chi connectivity index (χ2n) is 2.93. The van der Waals surface area contributed by atoms with Crippen LogP contribution in [0, 0.1) is 0 Å². The summed E-state index contributed by atoms with van der Waals surface area (Å²) in [4.78, 5) is 22.4. The lowest BCUT2D eigenvalue weighted by Crippen LogP contribution is -2.41. The molecule has 0 aliphatic rings. The second-order valence-corrected chi connectivity index (χ2v) is 2.93. The van der Waals surface area contributed by atoms with Crippen LogP contribution in [0.25, 0.3) is 0 Å². The minimum Gasteiger partial charge on any atom is -0.497 e. The Labute approximate surface area is 87.4 Å². The molecule has 0 bridgehead atoms. The van der Waals surface area contributed by atoms with Crippen molar-refractivity contribution >= 4 is 11.8 Å². The number of carbonyl (C=O) groups is 2. The molecule has 0 aliphatic carbocycles. The number of imide groups is 1. The summed E-state index contributed by atoms with van der Waals surface area (Å²) in [6.07, 6.45) is 0. The van der Waals surface area contributed by atoms with Crippen molar-refractivity contribution in [1.82, 2.24) is 5.01 Å². The molecule has 0 heterocycles. The highest BCUT2D eigenvalue weighted by Gasteiger charge is 2.16. The fourth-order valence-corrected chi connectivity index (χ4v) is 1.04. The largest absolute Gasteiger partial charge is 0.497 e. The van der Waals surface area contributed by atoms with Crippen LogP contribution in [0.15, 0.2) is 24.3 Å². The molecule has 1 aromatic carbocycles. The van der Waals surface area contributed by atoms with Crippen molar-refractivity contribution in [3.8, 4) is 5.75 Å². The maximum absolute atomic E-state index is 11.6. The summed E-state index contributed by atoms with van der Waals surface area (Å²) >= 11 is 0. The highest BCUT2D eigenvalue weighted by molar-refractivity contribution is 6.03. The van der Waals surface area contributed by atoms with Crippen LogP contribution in [-0.4, -0.2) is 23.9 Å². The van der Waals surface area contributed by atoms with Gasteiger partial charge in [-0.05, 0) is 18.2 Å². The van der Waals surface area contributed by atoms with Gasteiger partial charge < -0.3 is 4.74 Å². The Morgan fingerprint density at radius 1 is 1.40 bits per heavy atom. The molecular formula is C10H12N2O3. The first-order valence-corrected chi connectivity index (χ1v) is 4.30. The zero-order valence-corrected chi connectivity index (χ0v) is 8.56. The van der Waals surface area contributed by atoms with Crippen molar-refractivity contribution in [2.24, 2.45) is 5.84 Å². The van der Waals surface area contributed by atoms with E-state index in [0.717, 1.165) is 0 Å². The average molecular weight is 208 g/mol. The SMILES string of the molecule is COc1cccc(C(=O)N(N)C(C)=O)c1. The lowest BCUT2D eigenvalue weighted by molar-refractivity contribution is -0.126. The number of methoxy groups -OCH3 is 1. The van der Waals surface area contributed by atoms with Gasteiger partial charge in [-0.1, -0.05) is 6.07 Å². The van der Waals surface area contributed by atoms with Crippen LogP contribution in [0.5, 0.6) is 5.75 Å². The van der Waals surface area contributed by atoms with Gasteiger partial charge in [0.15, 0.2) is 0 Å². The number of rotatable bonds is 2. The summed E-state index contributed by atoms with van der Waals surface area (Å²) in [6, 6.07) is 6.43. The Kier molecular flexibility index (Phi) is 3.41. The van der Waals surface area contributed by atoms with Crippen LogP contribution in [-0.2, 0) is 4.79 Å². The van der Waals surface area contributed by atoms with E-state index in [-0.39, 0.29) is 0 Å². The molecule has 0 unspecified atom stereocenters. The minimum absolute atomic E-state index is 0.312. The Bertz CT molecular complexity index is 390.